The van der Waals surface area contributed by atoms with Gasteiger partial charge in [-0.25, -0.2) is 0 Å². The molecule has 0 unspecified atom stereocenters. The van der Waals surface area contributed by atoms with Gasteiger partial charge in [-0.15, -0.1) is 0 Å². The minimum absolute atomic E-state index is 0. The Kier molecular flexibility index (Phi) is 6.67. The van der Waals surface area contributed by atoms with Crippen LogP contribution in [0.1, 0.15) is 6.42 Å². The largest absolute Gasteiger partial charge is 0.548 e. The first-order valence-electron chi connectivity index (χ1n) is 2.22. The summed E-state index contributed by atoms with van der Waals surface area (Å²) in [6.07, 6.45) is -0.595. The van der Waals surface area contributed by atoms with Crippen molar-refractivity contribution in [2.75, 3.05) is 0 Å². The first-order valence-corrected chi connectivity index (χ1v) is 2.22. The molecule has 0 heterocycles. The van der Waals surface area contributed by atoms with E-state index in [-0.39, 0.29) is 24.0 Å². The van der Waals surface area contributed by atoms with E-state index in [9.17, 15) is 14.7 Å². The lowest BCUT2D eigenvalue weighted by molar-refractivity contribution is -0.307. The van der Waals surface area contributed by atoms with Crippen molar-refractivity contribution in [1.29, 1.82) is 0 Å². The summed E-state index contributed by atoms with van der Waals surface area (Å²) in [5, 5.41) is 17.7. The maximum atomic E-state index is 9.74. The first-order chi connectivity index (χ1) is 4.04. The van der Waals surface area contributed by atoms with Crippen molar-refractivity contribution in [3.8, 4) is 0 Å². The third kappa shape index (κ3) is 5.76. The molecule has 0 aliphatic heterocycles. The van der Waals surface area contributed by atoms with Gasteiger partial charge in [0, 0.05) is 0 Å². The van der Waals surface area contributed by atoms with Gasteiger partial charge in [0.05, 0.1) is 18.4 Å². The lowest BCUT2D eigenvalue weighted by atomic mass is 10.2. The predicted molar refractivity (Wildman–Crippen MR) is 28.0 cm³/mol. The Bertz CT molecular complexity index is 137. The van der Waals surface area contributed by atoms with Gasteiger partial charge in [-0.05, 0) is 0 Å². The number of carbonyl (C=O) groups is 2. The van der Waals surface area contributed by atoms with E-state index >= 15 is 0 Å². The van der Waals surface area contributed by atoms with Crippen LogP contribution in [-0.2, 0) is 9.59 Å². The highest BCUT2D eigenvalue weighted by atomic mass is 127. The van der Waals surface area contributed by atoms with Crippen LogP contribution in [-0.4, -0.2) is 23.1 Å². The lowest BCUT2D eigenvalue weighted by Gasteiger charge is -2.07. The van der Waals surface area contributed by atoms with Gasteiger partial charge in [-0.1, -0.05) is 0 Å². The van der Waals surface area contributed by atoms with Gasteiger partial charge in [0.1, 0.15) is 0 Å². The van der Waals surface area contributed by atoms with Gasteiger partial charge in [0.15, 0.2) is 0 Å². The normalized spacial score (nSPS) is 11.3. The monoisotopic (exact) mass is 261 g/mol. The van der Waals surface area contributed by atoms with E-state index in [2.05, 4.69) is 0 Å². The highest BCUT2D eigenvalue weighted by Crippen LogP contribution is 1.83. The molecule has 10 heavy (non-hydrogen) atoms. The van der Waals surface area contributed by atoms with Gasteiger partial charge in [-0.2, -0.15) is 0 Å². The zero-order valence-electron chi connectivity index (χ0n) is 4.98. The smallest absolute Gasteiger partial charge is 0.305 e. The van der Waals surface area contributed by atoms with Crippen LogP contribution in [0, 0.1) is 0 Å². The second-order valence-electron chi connectivity index (χ2n) is 1.52. The molecule has 0 aliphatic rings. The molecule has 0 fully saturated rings. The number of hydrogen-bond donors (Lipinski definition) is 2. The zero-order chi connectivity index (χ0) is 7.44. The summed E-state index contributed by atoms with van der Waals surface area (Å²) in [5.41, 5.74) is 4.77. The Hall–Kier alpha value is -0.370. The molecular weight excluding hydrogens is 253 g/mol. The molecule has 0 bridgehead atoms. The molecule has 0 amide bonds. The molecule has 0 spiro atoms. The molecular formula is C4H8INO4. The van der Waals surface area contributed by atoms with E-state index in [1.54, 1.807) is 0 Å². The van der Waals surface area contributed by atoms with Crippen molar-refractivity contribution in [1.82, 2.24) is 0 Å². The van der Waals surface area contributed by atoms with Crippen LogP contribution < -0.4 is 34.8 Å². The van der Waals surface area contributed by atoms with Crippen molar-refractivity contribution < 1.29 is 43.8 Å². The number of nitrogens with two attached hydrogens (primary N) is 1. The number of rotatable bonds is 3. The van der Waals surface area contributed by atoms with Crippen LogP contribution in [0.4, 0.5) is 0 Å². The van der Waals surface area contributed by atoms with E-state index in [0.717, 1.165) is 0 Å². The Morgan fingerprint density at radius 3 is 2.10 bits per heavy atom. The van der Waals surface area contributed by atoms with Gasteiger partial charge >= 0.3 is 5.97 Å². The van der Waals surface area contributed by atoms with Crippen LogP contribution >= 0.6 is 0 Å². The van der Waals surface area contributed by atoms with E-state index in [1.165, 1.54) is 0 Å². The summed E-state index contributed by atoms with van der Waals surface area (Å²) >= 11 is 0. The second kappa shape index (κ2) is 5.42. The third-order valence-corrected chi connectivity index (χ3v) is 0.697. The fourth-order valence-electron chi connectivity index (χ4n) is 0.271. The minimum Gasteiger partial charge on any atom is -0.548 e. The molecule has 3 N–H and O–H groups in total. The van der Waals surface area contributed by atoms with E-state index in [1.807, 2.05) is 0 Å². The predicted octanol–water partition coefficient (Wildman–Crippen LogP) is -5.99. The van der Waals surface area contributed by atoms with E-state index in [4.69, 9.17) is 10.8 Å². The van der Waals surface area contributed by atoms with Crippen molar-refractivity contribution in [3.63, 3.8) is 0 Å². The highest BCUT2D eigenvalue weighted by Gasteiger charge is 2.07. The second-order valence-corrected chi connectivity index (χ2v) is 1.52. The van der Waals surface area contributed by atoms with Crippen LogP contribution in [0.25, 0.3) is 0 Å². The molecule has 0 radical (unpaired) electrons. The van der Waals surface area contributed by atoms with Crippen molar-refractivity contribution >= 4 is 11.9 Å². The van der Waals surface area contributed by atoms with Crippen LogP contribution in [0.3, 0.4) is 0 Å². The topological polar surface area (TPSA) is 103 Å². The summed E-state index contributed by atoms with van der Waals surface area (Å²) in [5.74, 6) is -2.79. The summed E-state index contributed by atoms with van der Waals surface area (Å²) in [4.78, 5) is 19.5. The fourth-order valence-corrected chi connectivity index (χ4v) is 0.271. The van der Waals surface area contributed by atoms with Crippen LogP contribution in [0.5, 0.6) is 0 Å². The average molecular weight is 261 g/mol. The van der Waals surface area contributed by atoms with Gasteiger partial charge in [0.25, 0.3) is 0 Å². The third-order valence-electron chi connectivity index (χ3n) is 0.697. The van der Waals surface area contributed by atoms with Crippen molar-refractivity contribution in [3.05, 3.63) is 0 Å². The molecule has 6 heteroatoms. The quantitative estimate of drug-likeness (QED) is 0.492. The first kappa shape index (κ1) is 12.3. The number of hydrogen-bond acceptors (Lipinski definition) is 4. The van der Waals surface area contributed by atoms with Crippen molar-refractivity contribution in [2.45, 2.75) is 12.5 Å². The summed E-state index contributed by atoms with van der Waals surface area (Å²) in [7, 11) is 0. The molecule has 0 saturated carbocycles. The minimum atomic E-state index is -1.54. The Morgan fingerprint density at radius 2 is 2.00 bits per heavy atom. The van der Waals surface area contributed by atoms with Crippen LogP contribution in [0.15, 0.2) is 0 Å². The van der Waals surface area contributed by atoms with Crippen molar-refractivity contribution in [2.24, 2.45) is 5.73 Å². The van der Waals surface area contributed by atoms with E-state index in [0.29, 0.717) is 0 Å². The summed E-state index contributed by atoms with van der Waals surface area (Å²) in [6.45, 7) is 0. The molecule has 0 aromatic heterocycles. The van der Waals surface area contributed by atoms with Gasteiger partial charge < -0.3 is 20.7 Å². The van der Waals surface area contributed by atoms with Gasteiger partial charge in [0.2, 0.25) is 24.0 Å². The molecule has 5 nitrogen and oxygen atoms in total. The highest BCUT2D eigenvalue weighted by molar-refractivity contribution is 5.78. The standard InChI is InChI=1S/C4H7NO4.H2I/c5-2(4(8)9)1-3(6)7;/h2H,1,5H2,(H,6,7)(H,8,9);1H2/q;+1/p-1/t2-;/m0./s1. The summed E-state index contributed by atoms with van der Waals surface area (Å²) < 4.78 is 0. The maximum absolute atomic E-state index is 9.74. The maximum Gasteiger partial charge on any atom is 0.305 e. The SMILES string of the molecule is N[C@@H](CC(=O)O)C(=O)[O-].[IH2+]. The molecule has 0 saturated heterocycles. The number of carbonyl (C=O) groups excluding carboxylic acids is 1. The molecule has 0 aromatic carbocycles. The number of carboxylic acids is 2. The number of aliphatic carboxylic acids is 2. The molecule has 0 aromatic rings. The molecule has 0 aliphatic carbocycles. The molecule has 60 valence electrons. The summed E-state index contributed by atoms with van der Waals surface area (Å²) in [6, 6.07) is -1.40. The Morgan fingerprint density at radius 1 is 1.60 bits per heavy atom. The lowest BCUT2D eigenvalue weighted by Crippen LogP contribution is -3.00. The Balaban J connectivity index is 0. The number of halogens is 1. The van der Waals surface area contributed by atoms with E-state index < -0.39 is 24.4 Å². The zero-order valence-corrected chi connectivity index (χ0v) is 7.53. The fraction of sp³-hybridized carbons (Fsp3) is 0.500. The van der Waals surface area contributed by atoms with Crippen LogP contribution in [0.2, 0.25) is 0 Å². The Labute approximate surface area is 74.2 Å². The number of carboxylic acid groups (broad SMARTS) is 2. The molecule has 1 atom stereocenters. The molecule has 0 rings (SSSR count). The average Bonchev–Trinajstić information content (AvgIpc) is 1.63. The van der Waals surface area contributed by atoms with Gasteiger partial charge in [-0.3, -0.25) is 4.79 Å².